The topological polar surface area (TPSA) is 66.6 Å². The van der Waals surface area contributed by atoms with Gasteiger partial charge in [0.15, 0.2) is 0 Å². The minimum absolute atomic E-state index is 0.00717. The maximum Gasteiger partial charge on any atom is 0.242 e. The standard InChI is InChI=1S/C15H27N3O2/c1-4-18(5-2)12(19)9-17(3)15(20)13-10-6-7-11(8-10)14(13)16/h10-11,13-14H,4-9,16H2,1-3H3. The molecule has 0 radical (unpaired) electrons. The van der Waals surface area contributed by atoms with Crippen LogP contribution in [-0.2, 0) is 9.59 Å². The highest BCUT2D eigenvalue weighted by atomic mass is 16.2. The van der Waals surface area contributed by atoms with Gasteiger partial charge in [0.25, 0.3) is 0 Å². The summed E-state index contributed by atoms with van der Waals surface area (Å²) in [6, 6.07) is -0.00717. The fraction of sp³-hybridized carbons (Fsp3) is 0.867. The molecule has 2 N–H and O–H groups in total. The van der Waals surface area contributed by atoms with Crippen molar-refractivity contribution in [2.75, 3.05) is 26.7 Å². The number of fused-ring (bicyclic) bond motifs is 2. The van der Waals surface area contributed by atoms with E-state index in [4.69, 9.17) is 5.73 Å². The number of hydrogen-bond acceptors (Lipinski definition) is 3. The highest BCUT2D eigenvalue weighted by Crippen LogP contribution is 2.48. The van der Waals surface area contributed by atoms with Gasteiger partial charge in [-0.1, -0.05) is 0 Å². The van der Waals surface area contributed by atoms with Crippen molar-refractivity contribution in [2.24, 2.45) is 23.5 Å². The summed E-state index contributed by atoms with van der Waals surface area (Å²) in [5.41, 5.74) is 6.20. The first-order valence-electron chi connectivity index (χ1n) is 7.77. The molecule has 0 saturated heterocycles. The first kappa shape index (κ1) is 15.3. The predicted molar refractivity (Wildman–Crippen MR) is 77.9 cm³/mol. The van der Waals surface area contributed by atoms with E-state index in [0.717, 1.165) is 19.3 Å². The van der Waals surface area contributed by atoms with E-state index in [2.05, 4.69) is 0 Å². The molecular formula is C15H27N3O2. The SMILES string of the molecule is CCN(CC)C(=O)CN(C)C(=O)C1C2CCC(C2)C1N. The normalized spacial score (nSPS) is 31.4. The zero-order chi connectivity index (χ0) is 14.9. The lowest BCUT2D eigenvalue weighted by Gasteiger charge is -2.31. The summed E-state index contributed by atoms with van der Waals surface area (Å²) in [5.74, 6) is 0.963. The van der Waals surface area contributed by atoms with Crippen LogP contribution in [0, 0.1) is 17.8 Å². The van der Waals surface area contributed by atoms with Crippen molar-refractivity contribution >= 4 is 11.8 Å². The lowest BCUT2D eigenvalue weighted by molar-refractivity contribution is -0.143. The molecule has 2 fully saturated rings. The van der Waals surface area contributed by atoms with Crippen molar-refractivity contribution in [3.8, 4) is 0 Å². The second-order valence-corrected chi connectivity index (χ2v) is 6.20. The van der Waals surface area contributed by atoms with Crippen molar-refractivity contribution in [1.29, 1.82) is 0 Å². The van der Waals surface area contributed by atoms with Crippen LogP contribution in [0.15, 0.2) is 0 Å². The van der Waals surface area contributed by atoms with Gasteiger partial charge in [0, 0.05) is 26.2 Å². The van der Waals surface area contributed by atoms with E-state index in [0.29, 0.717) is 24.9 Å². The van der Waals surface area contributed by atoms with Crippen LogP contribution in [0.4, 0.5) is 0 Å². The van der Waals surface area contributed by atoms with Gasteiger partial charge in [-0.15, -0.1) is 0 Å². The molecule has 0 aromatic rings. The summed E-state index contributed by atoms with van der Waals surface area (Å²) in [5, 5.41) is 0. The van der Waals surface area contributed by atoms with Gasteiger partial charge in [-0.05, 0) is 44.9 Å². The third kappa shape index (κ3) is 2.68. The lowest BCUT2D eigenvalue weighted by Crippen LogP contribution is -2.48. The molecule has 5 heteroatoms. The number of nitrogens with two attached hydrogens (primary N) is 1. The Hall–Kier alpha value is -1.10. The molecule has 2 aliphatic rings. The Morgan fingerprint density at radius 2 is 1.75 bits per heavy atom. The molecule has 2 rings (SSSR count). The van der Waals surface area contributed by atoms with Crippen molar-refractivity contribution in [3.63, 3.8) is 0 Å². The monoisotopic (exact) mass is 281 g/mol. The number of amides is 2. The number of carbonyl (C=O) groups excluding carboxylic acids is 2. The number of rotatable bonds is 5. The highest BCUT2D eigenvalue weighted by molar-refractivity contribution is 5.86. The Bertz CT molecular complexity index is 379. The van der Waals surface area contributed by atoms with Crippen molar-refractivity contribution in [1.82, 2.24) is 9.80 Å². The Morgan fingerprint density at radius 1 is 1.15 bits per heavy atom. The second-order valence-electron chi connectivity index (χ2n) is 6.20. The number of hydrogen-bond donors (Lipinski definition) is 1. The Morgan fingerprint density at radius 3 is 2.25 bits per heavy atom. The summed E-state index contributed by atoms with van der Waals surface area (Å²) in [4.78, 5) is 28.0. The molecule has 2 aliphatic carbocycles. The van der Waals surface area contributed by atoms with Gasteiger partial charge in [-0.25, -0.2) is 0 Å². The van der Waals surface area contributed by atoms with Crippen LogP contribution in [0.5, 0.6) is 0 Å². The largest absolute Gasteiger partial charge is 0.342 e. The summed E-state index contributed by atoms with van der Waals surface area (Å²) in [6.45, 7) is 5.45. The molecule has 5 nitrogen and oxygen atoms in total. The van der Waals surface area contributed by atoms with Crippen molar-refractivity contribution in [3.05, 3.63) is 0 Å². The fourth-order valence-electron chi connectivity index (χ4n) is 3.91. The maximum atomic E-state index is 12.6. The average molecular weight is 281 g/mol. The van der Waals surface area contributed by atoms with Crippen LogP contribution in [0.2, 0.25) is 0 Å². The van der Waals surface area contributed by atoms with E-state index < -0.39 is 0 Å². The van der Waals surface area contributed by atoms with Crippen LogP contribution >= 0.6 is 0 Å². The average Bonchev–Trinajstić information content (AvgIpc) is 3.00. The third-order valence-electron chi connectivity index (χ3n) is 5.13. The zero-order valence-electron chi connectivity index (χ0n) is 12.8. The van der Waals surface area contributed by atoms with Gasteiger partial charge in [0.1, 0.15) is 0 Å². The van der Waals surface area contributed by atoms with Gasteiger partial charge in [0.05, 0.1) is 12.5 Å². The quantitative estimate of drug-likeness (QED) is 0.806. The number of nitrogens with zero attached hydrogens (tertiary/aromatic N) is 2. The highest BCUT2D eigenvalue weighted by Gasteiger charge is 2.49. The molecule has 4 atom stereocenters. The first-order valence-corrected chi connectivity index (χ1v) is 7.77. The molecule has 0 aromatic heterocycles. The molecule has 2 saturated carbocycles. The van der Waals surface area contributed by atoms with Crippen molar-refractivity contribution < 1.29 is 9.59 Å². The van der Waals surface area contributed by atoms with Crippen LogP contribution in [0.3, 0.4) is 0 Å². The van der Waals surface area contributed by atoms with Gasteiger partial charge < -0.3 is 15.5 Å². The Kier molecular flexibility index (Phi) is 4.68. The van der Waals surface area contributed by atoms with Gasteiger partial charge in [-0.2, -0.15) is 0 Å². The summed E-state index contributed by atoms with van der Waals surface area (Å²) < 4.78 is 0. The molecule has 0 aliphatic heterocycles. The molecule has 114 valence electrons. The number of carbonyl (C=O) groups is 2. The van der Waals surface area contributed by atoms with Crippen LogP contribution in [-0.4, -0.2) is 54.3 Å². The minimum atomic E-state index is -0.0664. The summed E-state index contributed by atoms with van der Waals surface area (Å²) in [7, 11) is 1.72. The first-order chi connectivity index (χ1) is 9.49. The molecule has 4 unspecified atom stereocenters. The van der Waals surface area contributed by atoms with Gasteiger partial charge in [0.2, 0.25) is 11.8 Å². The van der Waals surface area contributed by atoms with Crippen LogP contribution in [0.25, 0.3) is 0 Å². The van der Waals surface area contributed by atoms with Gasteiger partial charge >= 0.3 is 0 Å². The van der Waals surface area contributed by atoms with E-state index in [1.165, 1.54) is 0 Å². The van der Waals surface area contributed by atoms with Crippen molar-refractivity contribution in [2.45, 2.75) is 39.2 Å². The molecule has 0 aromatic carbocycles. The fourth-order valence-corrected chi connectivity index (χ4v) is 3.91. The Labute approximate surface area is 121 Å². The van der Waals surface area contributed by atoms with E-state index >= 15 is 0 Å². The number of likely N-dealkylation sites (N-methyl/N-ethyl adjacent to an activating group) is 2. The van der Waals surface area contributed by atoms with Crippen LogP contribution < -0.4 is 5.73 Å². The molecule has 0 spiro atoms. The molecule has 20 heavy (non-hydrogen) atoms. The van der Waals surface area contributed by atoms with Gasteiger partial charge in [-0.3, -0.25) is 9.59 Å². The molecule has 0 heterocycles. The smallest absolute Gasteiger partial charge is 0.242 e. The van der Waals surface area contributed by atoms with Crippen LogP contribution in [0.1, 0.15) is 33.1 Å². The van der Waals surface area contributed by atoms with E-state index in [1.807, 2.05) is 13.8 Å². The summed E-state index contributed by atoms with van der Waals surface area (Å²) >= 11 is 0. The Balaban J connectivity index is 1.94. The predicted octanol–water partition coefficient (Wildman–Crippen LogP) is 0.687. The molecule has 2 bridgehead atoms. The minimum Gasteiger partial charge on any atom is -0.342 e. The molecule has 2 amide bonds. The summed E-state index contributed by atoms with van der Waals surface area (Å²) in [6.07, 6.45) is 3.37. The third-order valence-corrected chi connectivity index (χ3v) is 5.13. The lowest BCUT2D eigenvalue weighted by atomic mass is 9.84. The maximum absolute atomic E-state index is 12.6. The van der Waals surface area contributed by atoms with E-state index in [1.54, 1.807) is 16.8 Å². The van der Waals surface area contributed by atoms with E-state index in [9.17, 15) is 9.59 Å². The van der Waals surface area contributed by atoms with E-state index in [-0.39, 0.29) is 30.3 Å². The zero-order valence-corrected chi connectivity index (χ0v) is 12.8. The molecular weight excluding hydrogens is 254 g/mol. The second kappa shape index (κ2) is 6.12.